The summed E-state index contributed by atoms with van der Waals surface area (Å²) in [6.07, 6.45) is 0.869. The summed E-state index contributed by atoms with van der Waals surface area (Å²) in [6, 6.07) is 8.09. The Morgan fingerprint density at radius 3 is 2.50 bits per heavy atom. The van der Waals surface area contributed by atoms with E-state index in [1.807, 2.05) is 32.9 Å². The number of nitrogens with zero attached hydrogens (tertiary/aromatic N) is 1. The zero-order valence-electron chi connectivity index (χ0n) is 13.0. The molecule has 1 aromatic rings. The molecule has 0 aromatic heterocycles. The highest BCUT2D eigenvalue weighted by atomic mass is 16.2. The van der Waals surface area contributed by atoms with E-state index in [1.54, 1.807) is 0 Å². The van der Waals surface area contributed by atoms with Crippen LogP contribution in [-0.4, -0.2) is 31.1 Å². The summed E-state index contributed by atoms with van der Waals surface area (Å²) < 4.78 is 0. The lowest BCUT2D eigenvalue weighted by Gasteiger charge is -2.32. The molecule has 0 saturated carbocycles. The average molecular weight is 277 g/mol. The molecule has 1 aromatic carbocycles. The predicted octanol–water partition coefficient (Wildman–Crippen LogP) is 2.06. The molecule has 1 atom stereocenters. The largest absolute Gasteiger partial charge is 0.360 e. The molecular weight excluding hydrogens is 250 g/mol. The van der Waals surface area contributed by atoms with Crippen LogP contribution in [0.4, 0.5) is 5.69 Å². The summed E-state index contributed by atoms with van der Waals surface area (Å²) in [5, 5.41) is 2.98. The maximum Gasteiger partial charge on any atom is 0.242 e. The number of anilines is 1. The second-order valence-electron chi connectivity index (χ2n) is 5.46. The van der Waals surface area contributed by atoms with E-state index >= 15 is 0 Å². The van der Waals surface area contributed by atoms with Gasteiger partial charge in [0.15, 0.2) is 0 Å². The Morgan fingerprint density at radius 1 is 1.30 bits per heavy atom. The van der Waals surface area contributed by atoms with Gasteiger partial charge in [0.2, 0.25) is 5.91 Å². The van der Waals surface area contributed by atoms with Crippen molar-refractivity contribution in [1.82, 2.24) is 5.32 Å². The van der Waals surface area contributed by atoms with Gasteiger partial charge < -0.3 is 16.0 Å². The van der Waals surface area contributed by atoms with E-state index in [0.717, 1.165) is 18.7 Å². The van der Waals surface area contributed by atoms with Crippen molar-refractivity contribution in [2.45, 2.75) is 46.2 Å². The van der Waals surface area contributed by atoms with Gasteiger partial charge in [-0.25, -0.2) is 0 Å². The van der Waals surface area contributed by atoms with Gasteiger partial charge in [-0.15, -0.1) is 0 Å². The number of amides is 1. The number of aryl methyl sites for hydroxylation is 1. The Kier molecular flexibility index (Phi) is 6.52. The van der Waals surface area contributed by atoms with Gasteiger partial charge in [0.25, 0.3) is 0 Å². The van der Waals surface area contributed by atoms with E-state index in [2.05, 4.69) is 29.3 Å². The average Bonchev–Trinajstić information content (AvgIpc) is 2.40. The normalized spacial score (nSPS) is 12.3. The number of carbonyl (C=O) groups is 1. The quantitative estimate of drug-likeness (QED) is 0.802. The minimum atomic E-state index is -0.204. The van der Waals surface area contributed by atoms with Crippen molar-refractivity contribution in [2.24, 2.45) is 5.73 Å². The van der Waals surface area contributed by atoms with Crippen molar-refractivity contribution in [1.29, 1.82) is 0 Å². The predicted molar refractivity (Wildman–Crippen MR) is 84.9 cm³/mol. The van der Waals surface area contributed by atoms with E-state index < -0.39 is 0 Å². The highest BCUT2D eigenvalue weighted by Crippen LogP contribution is 2.22. The summed E-state index contributed by atoms with van der Waals surface area (Å²) in [6.45, 7) is 9.37. The Balaban J connectivity index is 2.94. The molecule has 0 radical (unpaired) electrons. The number of para-hydroxylation sites is 1. The van der Waals surface area contributed by atoms with Crippen LogP contribution < -0.4 is 16.0 Å². The third kappa shape index (κ3) is 4.53. The van der Waals surface area contributed by atoms with Crippen LogP contribution in [0.15, 0.2) is 24.3 Å². The maximum atomic E-state index is 12.3. The molecule has 20 heavy (non-hydrogen) atoms. The fourth-order valence-corrected chi connectivity index (χ4v) is 2.22. The number of nitrogens with one attached hydrogen (secondary N) is 1. The molecule has 3 N–H and O–H groups in total. The first kappa shape index (κ1) is 16.5. The standard InChI is InChI=1S/C16H27N3O/c1-12(2)18-16(20)14(4)19(11-7-10-17)15-9-6-5-8-13(15)3/h5-6,8-9,12,14H,7,10-11,17H2,1-4H3,(H,18,20). The molecule has 0 bridgehead atoms. The lowest BCUT2D eigenvalue weighted by molar-refractivity contribution is -0.122. The smallest absolute Gasteiger partial charge is 0.242 e. The molecule has 112 valence electrons. The SMILES string of the molecule is Cc1ccccc1N(CCCN)C(C)C(=O)NC(C)C. The van der Waals surface area contributed by atoms with Crippen molar-refractivity contribution in [2.75, 3.05) is 18.0 Å². The van der Waals surface area contributed by atoms with E-state index in [9.17, 15) is 4.79 Å². The molecule has 1 unspecified atom stereocenters. The van der Waals surface area contributed by atoms with Crippen molar-refractivity contribution in [3.8, 4) is 0 Å². The first-order valence-corrected chi connectivity index (χ1v) is 7.30. The van der Waals surface area contributed by atoms with Gasteiger partial charge in [-0.3, -0.25) is 4.79 Å². The van der Waals surface area contributed by atoms with Crippen molar-refractivity contribution in [3.63, 3.8) is 0 Å². The van der Waals surface area contributed by atoms with Gasteiger partial charge in [-0.1, -0.05) is 18.2 Å². The first-order valence-electron chi connectivity index (χ1n) is 7.30. The maximum absolute atomic E-state index is 12.3. The lowest BCUT2D eigenvalue weighted by atomic mass is 10.1. The Bertz CT molecular complexity index is 431. The number of hydrogen-bond donors (Lipinski definition) is 2. The third-order valence-corrected chi connectivity index (χ3v) is 3.31. The van der Waals surface area contributed by atoms with Gasteiger partial charge in [0.1, 0.15) is 6.04 Å². The zero-order valence-corrected chi connectivity index (χ0v) is 13.0. The second-order valence-corrected chi connectivity index (χ2v) is 5.46. The minimum Gasteiger partial charge on any atom is -0.360 e. The monoisotopic (exact) mass is 277 g/mol. The van der Waals surface area contributed by atoms with Crippen LogP contribution in [-0.2, 0) is 4.79 Å². The van der Waals surface area contributed by atoms with E-state index in [-0.39, 0.29) is 18.0 Å². The molecule has 1 amide bonds. The number of benzene rings is 1. The Labute approximate surface area is 122 Å². The lowest BCUT2D eigenvalue weighted by Crippen LogP contribution is -2.48. The van der Waals surface area contributed by atoms with Gasteiger partial charge in [0.05, 0.1) is 0 Å². The van der Waals surface area contributed by atoms with Crippen LogP contribution in [0.3, 0.4) is 0 Å². The van der Waals surface area contributed by atoms with Crippen LogP contribution in [0.5, 0.6) is 0 Å². The summed E-state index contributed by atoms with van der Waals surface area (Å²) in [5.41, 5.74) is 7.90. The van der Waals surface area contributed by atoms with Crippen molar-refractivity contribution in [3.05, 3.63) is 29.8 Å². The molecule has 1 rings (SSSR count). The fourth-order valence-electron chi connectivity index (χ4n) is 2.22. The molecular formula is C16H27N3O. The molecule has 0 spiro atoms. The third-order valence-electron chi connectivity index (χ3n) is 3.31. The Morgan fingerprint density at radius 2 is 1.95 bits per heavy atom. The highest BCUT2D eigenvalue weighted by Gasteiger charge is 2.22. The van der Waals surface area contributed by atoms with E-state index in [1.165, 1.54) is 5.56 Å². The van der Waals surface area contributed by atoms with Crippen molar-refractivity contribution >= 4 is 11.6 Å². The van der Waals surface area contributed by atoms with Crippen LogP contribution >= 0.6 is 0 Å². The first-order chi connectivity index (χ1) is 9.47. The summed E-state index contributed by atoms with van der Waals surface area (Å²) in [5.74, 6) is 0.0558. The molecule has 4 heteroatoms. The molecule has 0 aliphatic heterocycles. The summed E-state index contributed by atoms with van der Waals surface area (Å²) in [7, 11) is 0. The Hall–Kier alpha value is -1.55. The zero-order chi connectivity index (χ0) is 15.1. The molecule has 0 aliphatic rings. The topological polar surface area (TPSA) is 58.4 Å². The van der Waals surface area contributed by atoms with Crippen molar-refractivity contribution < 1.29 is 4.79 Å². The number of hydrogen-bond acceptors (Lipinski definition) is 3. The second kappa shape index (κ2) is 7.90. The summed E-state index contributed by atoms with van der Waals surface area (Å²) in [4.78, 5) is 14.4. The fraction of sp³-hybridized carbons (Fsp3) is 0.562. The summed E-state index contributed by atoms with van der Waals surface area (Å²) >= 11 is 0. The van der Waals surface area contributed by atoms with Crippen LogP contribution in [0, 0.1) is 6.92 Å². The van der Waals surface area contributed by atoms with Gasteiger partial charge in [-0.2, -0.15) is 0 Å². The molecule has 0 saturated heterocycles. The number of rotatable bonds is 7. The van der Waals surface area contributed by atoms with Gasteiger partial charge in [-0.05, 0) is 52.3 Å². The van der Waals surface area contributed by atoms with E-state index in [0.29, 0.717) is 6.54 Å². The molecule has 4 nitrogen and oxygen atoms in total. The molecule has 0 aliphatic carbocycles. The van der Waals surface area contributed by atoms with E-state index in [4.69, 9.17) is 5.73 Å². The van der Waals surface area contributed by atoms with Crippen LogP contribution in [0.2, 0.25) is 0 Å². The molecule has 0 heterocycles. The minimum absolute atomic E-state index is 0.0558. The van der Waals surface area contributed by atoms with Crippen LogP contribution in [0.25, 0.3) is 0 Å². The number of nitrogens with two attached hydrogens (primary N) is 1. The highest BCUT2D eigenvalue weighted by molar-refractivity contribution is 5.85. The number of carbonyl (C=O) groups excluding carboxylic acids is 1. The van der Waals surface area contributed by atoms with Gasteiger partial charge >= 0.3 is 0 Å². The van der Waals surface area contributed by atoms with Crippen LogP contribution in [0.1, 0.15) is 32.8 Å². The molecule has 0 fully saturated rings. The van der Waals surface area contributed by atoms with Gasteiger partial charge in [0, 0.05) is 18.3 Å².